The fourth-order valence-electron chi connectivity index (χ4n) is 2.45. The second-order valence-electron chi connectivity index (χ2n) is 4.49. The van der Waals surface area contributed by atoms with Crippen molar-refractivity contribution >= 4 is 17.6 Å². The molecule has 0 fully saturated rings. The molecule has 0 amide bonds. The summed E-state index contributed by atoms with van der Waals surface area (Å²) < 4.78 is 14.1. The van der Waals surface area contributed by atoms with Crippen LogP contribution < -0.4 is 0 Å². The lowest BCUT2D eigenvalue weighted by atomic mass is 9.73. The molecule has 0 aliphatic carbocycles. The van der Waals surface area contributed by atoms with E-state index in [1.807, 2.05) is 13.8 Å². The molecule has 1 aromatic rings. The van der Waals surface area contributed by atoms with Gasteiger partial charge < -0.3 is 5.11 Å². The Hall–Kier alpha value is -1.09. The quantitative estimate of drug-likeness (QED) is 0.833. The minimum atomic E-state index is -1.17. The Kier molecular flexibility index (Phi) is 5.15. The Balaban J connectivity index is 3.40. The van der Waals surface area contributed by atoms with Gasteiger partial charge in [0.1, 0.15) is 5.82 Å². The van der Waals surface area contributed by atoms with E-state index < -0.39 is 17.2 Å². The molecule has 0 spiro atoms. The van der Waals surface area contributed by atoms with Gasteiger partial charge in [-0.3, -0.25) is 4.79 Å². The van der Waals surface area contributed by atoms with Gasteiger partial charge >= 0.3 is 5.97 Å². The minimum absolute atomic E-state index is 0.0228. The summed E-state index contributed by atoms with van der Waals surface area (Å²) in [4.78, 5) is 11.7. The van der Waals surface area contributed by atoms with Crippen LogP contribution in [0.15, 0.2) is 18.2 Å². The minimum Gasteiger partial charge on any atom is -0.481 e. The maximum absolute atomic E-state index is 14.1. The third-order valence-corrected chi connectivity index (χ3v) is 3.52. The zero-order chi connectivity index (χ0) is 13.8. The lowest BCUT2D eigenvalue weighted by Gasteiger charge is -2.30. The molecule has 2 nitrogen and oxygen atoms in total. The summed E-state index contributed by atoms with van der Waals surface area (Å²) in [5.41, 5.74) is -0.968. The number of carboxylic acid groups (broad SMARTS) is 1. The van der Waals surface area contributed by atoms with Gasteiger partial charge in [0, 0.05) is 5.56 Å². The first-order valence-corrected chi connectivity index (χ1v) is 6.55. The van der Waals surface area contributed by atoms with Gasteiger partial charge in [-0.2, -0.15) is 0 Å². The van der Waals surface area contributed by atoms with Crippen LogP contribution in [-0.4, -0.2) is 11.1 Å². The van der Waals surface area contributed by atoms with Crippen LogP contribution in [0.5, 0.6) is 0 Å². The molecule has 18 heavy (non-hydrogen) atoms. The molecular weight excluding hydrogens is 255 g/mol. The molecule has 0 aliphatic rings. The van der Waals surface area contributed by atoms with Gasteiger partial charge in [0.2, 0.25) is 0 Å². The van der Waals surface area contributed by atoms with Crippen molar-refractivity contribution in [3.8, 4) is 0 Å². The maximum atomic E-state index is 14.1. The van der Waals surface area contributed by atoms with Crippen LogP contribution in [-0.2, 0) is 10.2 Å². The fourth-order valence-corrected chi connectivity index (χ4v) is 2.62. The summed E-state index contributed by atoms with van der Waals surface area (Å²) in [5, 5.41) is 9.52. The number of halogens is 2. The van der Waals surface area contributed by atoms with E-state index in [2.05, 4.69) is 0 Å². The predicted octanol–water partition coefficient (Wildman–Crippen LogP) is 4.40. The summed E-state index contributed by atoms with van der Waals surface area (Å²) in [7, 11) is 0. The summed E-state index contributed by atoms with van der Waals surface area (Å²) >= 11 is 5.76. The second kappa shape index (κ2) is 6.19. The zero-order valence-corrected chi connectivity index (χ0v) is 11.4. The molecule has 0 saturated heterocycles. The lowest BCUT2D eigenvalue weighted by Crippen LogP contribution is -2.36. The Labute approximate surface area is 112 Å². The number of carbonyl (C=O) groups is 1. The largest absolute Gasteiger partial charge is 0.481 e. The van der Waals surface area contributed by atoms with E-state index in [9.17, 15) is 14.3 Å². The molecule has 0 radical (unpaired) electrons. The van der Waals surface area contributed by atoms with Gasteiger partial charge in [-0.1, -0.05) is 50.4 Å². The summed E-state index contributed by atoms with van der Waals surface area (Å²) in [5.74, 6) is -1.59. The van der Waals surface area contributed by atoms with Crippen LogP contribution >= 0.6 is 11.6 Å². The van der Waals surface area contributed by atoms with Gasteiger partial charge in [0.05, 0.1) is 10.4 Å². The highest BCUT2D eigenvalue weighted by Crippen LogP contribution is 2.38. The Morgan fingerprint density at radius 2 is 1.89 bits per heavy atom. The molecule has 0 aromatic heterocycles. The smallest absolute Gasteiger partial charge is 0.314 e. The van der Waals surface area contributed by atoms with Crippen molar-refractivity contribution in [3.05, 3.63) is 34.6 Å². The molecule has 0 atom stereocenters. The highest BCUT2D eigenvalue weighted by Gasteiger charge is 2.41. The third-order valence-electron chi connectivity index (χ3n) is 3.23. The standard InChI is InChI=1S/C14H18ClFO2/c1-3-8-14(9-4-2,13(17)18)10-6-5-7-11(15)12(10)16/h5-7H,3-4,8-9H2,1-2H3,(H,17,18). The highest BCUT2D eigenvalue weighted by molar-refractivity contribution is 6.30. The van der Waals surface area contributed by atoms with Crippen LogP contribution in [0.4, 0.5) is 4.39 Å². The summed E-state index contributed by atoms with van der Waals surface area (Å²) in [6, 6.07) is 4.56. The Morgan fingerprint density at radius 3 is 2.33 bits per heavy atom. The SMILES string of the molecule is CCCC(CCC)(C(=O)O)c1cccc(Cl)c1F. The van der Waals surface area contributed by atoms with E-state index in [0.717, 1.165) is 0 Å². The normalized spacial score (nSPS) is 11.6. The van der Waals surface area contributed by atoms with Crippen molar-refractivity contribution in [2.75, 3.05) is 0 Å². The number of hydrogen-bond donors (Lipinski definition) is 1. The molecular formula is C14H18ClFO2. The van der Waals surface area contributed by atoms with Crippen LogP contribution in [0.1, 0.15) is 45.1 Å². The van der Waals surface area contributed by atoms with E-state index in [-0.39, 0.29) is 10.6 Å². The molecule has 4 heteroatoms. The van der Waals surface area contributed by atoms with Gasteiger partial charge in [0.25, 0.3) is 0 Å². The van der Waals surface area contributed by atoms with Gasteiger partial charge in [-0.25, -0.2) is 4.39 Å². The van der Waals surface area contributed by atoms with E-state index in [4.69, 9.17) is 11.6 Å². The Morgan fingerprint density at radius 1 is 1.33 bits per heavy atom. The van der Waals surface area contributed by atoms with Gasteiger partial charge in [-0.15, -0.1) is 0 Å². The first kappa shape index (κ1) is 15.0. The molecule has 0 saturated carbocycles. The molecule has 0 bridgehead atoms. The van der Waals surface area contributed by atoms with Crippen LogP contribution in [0.2, 0.25) is 5.02 Å². The Bertz CT molecular complexity index is 426. The number of hydrogen-bond acceptors (Lipinski definition) is 1. The molecule has 1 N–H and O–H groups in total. The first-order chi connectivity index (χ1) is 8.49. The highest BCUT2D eigenvalue weighted by atomic mass is 35.5. The zero-order valence-electron chi connectivity index (χ0n) is 10.7. The van der Waals surface area contributed by atoms with Crippen molar-refractivity contribution in [1.82, 2.24) is 0 Å². The fraction of sp³-hybridized carbons (Fsp3) is 0.500. The maximum Gasteiger partial charge on any atom is 0.314 e. The predicted molar refractivity (Wildman–Crippen MR) is 70.5 cm³/mol. The van der Waals surface area contributed by atoms with Crippen molar-refractivity contribution in [3.63, 3.8) is 0 Å². The van der Waals surface area contributed by atoms with Crippen LogP contribution in [0.3, 0.4) is 0 Å². The molecule has 1 aromatic carbocycles. The number of rotatable bonds is 6. The van der Waals surface area contributed by atoms with E-state index in [1.54, 1.807) is 6.07 Å². The monoisotopic (exact) mass is 272 g/mol. The molecule has 0 aliphatic heterocycles. The molecule has 0 heterocycles. The number of aliphatic carboxylic acids is 1. The second-order valence-corrected chi connectivity index (χ2v) is 4.90. The first-order valence-electron chi connectivity index (χ1n) is 6.17. The van der Waals surface area contributed by atoms with Crippen molar-refractivity contribution in [2.45, 2.75) is 44.9 Å². The van der Waals surface area contributed by atoms with Crippen LogP contribution in [0.25, 0.3) is 0 Å². The number of carboxylic acids is 1. The van der Waals surface area contributed by atoms with Crippen molar-refractivity contribution in [2.24, 2.45) is 0 Å². The van der Waals surface area contributed by atoms with Crippen molar-refractivity contribution < 1.29 is 14.3 Å². The summed E-state index contributed by atoms with van der Waals surface area (Å²) in [6.07, 6.45) is 2.18. The van der Waals surface area contributed by atoms with E-state index >= 15 is 0 Å². The lowest BCUT2D eigenvalue weighted by molar-refractivity contribution is -0.144. The molecule has 1 rings (SSSR count). The summed E-state index contributed by atoms with van der Waals surface area (Å²) in [6.45, 7) is 3.80. The van der Waals surface area contributed by atoms with Gasteiger partial charge in [-0.05, 0) is 18.9 Å². The third kappa shape index (κ3) is 2.66. The van der Waals surface area contributed by atoms with E-state index in [1.165, 1.54) is 12.1 Å². The average Bonchev–Trinajstić information content (AvgIpc) is 2.32. The topological polar surface area (TPSA) is 37.3 Å². The van der Waals surface area contributed by atoms with Crippen molar-refractivity contribution in [1.29, 1.82) is 0 Å². The molecule has 0 unspecified atom stereocenters. The van der Waals surface area contributed by atoms with E-state index in [0.29, 0.717) is 25.7 Å². The average molecular weight is 273 g/mol. The van der Waals surface area contributed by atoms with Crippen LogP contribution in [0, 0.1) is 5.82 Å². The number of benzene rings is 1. The molecule has 100 valence electrons. The van der Waals surface area contributed by atoms with Gasteiger partial charge in [0.15, 0.2) is 0 Å².